The molecule has 0 aliphatic heterocycles. The molecule has 0 aromatic carbocycles. The van der Waals surface area contributed by atoms with E-state index in [0.29, 0.717) is 11.6 Å². The number of nitrogens with one attached hydrogen (secondary N) is 1. The smallest absolute Gasteiger partial charge is 0.217 e. The Morgan fingerprint density at radius 1 is 1.77 bits per heavy atom. The van der Waals surface area contributed by atoms with Crippen LogP contribution in [-0.4, -0.2) is 17.8 Å². The molecule has 1 unspecified atom stereocenters. The highest BCUT2D eigenvalue weighted by Crippen LogP contribution is 2.25. The van der Waals surface area contributed by atoms with Crippen molar-refractivity contribution in [1.29, 1.82) is 0 Å². The van der Waals surface area contributed by atoms with Crippen LogP contribution in [0.1, 0.15) is 13.3 Å². The lowest BCUT2D eigenvalue weighted by Gasteiger charge is -2.14. The number of halogens is 2. The monoisotopic (exact) mass is 219 g/mol. The van der Waals surface area contributed by atoms with Crippen LogP contribution in [0.25, 0.3) is 0 Å². The van der Waals surface area contributed by atoms with Crippen LogP contribution < -0.4 is 5.32 Å². The van der Waals surface area contributed by atoms with Gasteiger partial charge in [-0.25, -0.2) is 0 Å². The molecule has 0 aromatic rings. The van der Waals surface area contributed by atoms with E-state index < -0.39 is 0 Å². The van der Waals surface area contributed by atoms with Crippen molar-refractivity contribution < 1.29 is 4.79 Å². The fraction of sp³-hybridized carbons (Fsp3) is 0.444. The molecular formula is C9H11Cl2NO. The lowest BCUT2D eigenvalue weighted by molar-refractivity contribution is -0.118. The Morgan fingerprint density at radius 3 is 3.00 bits per heavy atom. The molecule has 1 aliphatic rings. The molecule has 1 rings (SSSR count). The maximum absolute atomic E-state index is 10.6. The number of rotatable bonds is 2. The molecule has 2 nitrogen and oxygen atoms in total. The molecule has 0 fully saturated rings. The van der Waals surface area contributed by atoms with Crippen LogP contribution in [0, 0.1) is 0 Å². The van der Waals surface area contributed by atoms with Crippen molar-refractivity contribution in [2.75, 3.05) is 6.54 Å². The molecule has 0 spiro atoms. The highest BCUT2D eigenvalue weighted by Gasteiger charge is 2.12. The molecule has 1 atom stereocenters. The maximum atomic E-state index is 10.6. The van der Waals surface area contributed by atoms with Gasteiger partial charge in [-0.15, -0.1) is 11.6 Å². The van der Waals surface area contributed by atoms with Gasteiger partial charge in [0, 0.05) is 18.5 Å². The van der Waals surface area contributed by atoms with E-state index in [9.17, 15) is 4.79 Å². The van der Waals surface area contributed by atoms with Crippen molar-refractivity contribution in [2.24, 2.45) is 0 Å². The van der Waals surface area contributed by atoms with E-state index in [1.54, 1.807) is 6.08 Å². The number of amides is 1. The molecule has 0 bridgehead atoms. The molecular weight excluding hydrogens is 209 g/mol. The van der Waals surface area contributed by atoms with E-state index in [0.717, 1.165) is 12.0 Å². The number of hydrogen-bond donors (Lipinski definition) is 1. The third kappa shape index (κ3) is 3.41. The van der Waals surface area contributed by atoms with Crippen LogP contribution in [0.5, 0.6) is 0 Å². The Morgan fingerprint density at radius 2 is 2.46 bits per heavy atom. The summed E-state index contributed by atoms with van der Waals surface area (Å²) in [7, 11) is 0. The third-order valence-electron chi connectivity index (χ3n) is 1.75. The van der Waals surface area contributed by atoms with Gasteiger partial charge >= 0.3 is 0 Å². The minimum atomic E-state index is -0.109. The van der Waals surface area contributed by atoms with Crippen molar-refractivity contribution in [1.82, 2.24) is 5.32 Å². The van der Waals surface area contributed by atoms with E-state index in [1.165, 1.54) is 6.92 Å². The SMILES string of the molecule is CC(=O)NCC1=CCC(Cl)C(Cl)=C1. The van der Waals surface area contributed by atoms with Crippen molar-refractivity contribution >= 4 is 29.1 Å². The molecule has 13 heavy (non-hydrogen) atoms. The molecule has 0 saturated carbocycles. The van der Waals surface area contributed by atoms with E-state index in [-0.39, 0.29) is 11.3 Å². The van der Waals surface area contributed by atoms with Crippen LogP contribution in [0.4, 0.5) is 0 Å². The number of carbonyl (C=O) groups excluding carboxylic acids is 1. The molecule has 4 heteroatoms. The van der Waals surface area contributed by atoms with Crippen molar-refractivity contribution in [2.45, 2.75) is 18.7 Å². The average molecular weight is 220 g/mol. The fourth-order valence-corrected chi connectivity index (χ4v) is 1.42. The topological polar surface area (TPSA) is 29.1 Å². The standard InChI is InChI=1S/C9H11Cl2NO/c1-6(13)12-5-7-2-3-8(10)9(11)4-7/h2,4,8H,3,5H2,1H3,(H,12,13). The summed E-state index contributed by atoms with van der Waals surface area (Å²) in [6, 6.07) is 0. The van der Waals surface area contributed by atoms with Crippen molar-refractivity contribution in [3.8, 4) is 0 Å². The number of allylic oxidation sites excluding steroid dienone is 2. The Bertz CT molecular complexity index is 271. The second kappa shape index (κ2) is 4.68. The normalized spacial score (nSPS) is 21.9. The second-order valence-electron chi connectivity index (χ2n) is 2.92. The summed E-state index contributed by atoms with van der Waals surface area (Å²) >= 11 is 11.7. The van der Waals surface area contributed by atoms with E-state index in [1.807, 2.05) is 6.08 Å². The van der Waals surface area contributed by atoms with Gasteiger partial charge in [-0.2, -0.15) is 0 Å². The molecule has 1 amide bonds. The van der Waals surface area contributed by atoms with Crippen LogP contribution in [0.2, 0.25) is 0 Å². The van der Waals surface area contributed by atoms with Crippen LogP contribution >= 0.6 is 23.2 Å². The summed E-state index contributed by atoms with van der Waals surface area (Å²) in [5, 5.41) is 3.23. The van der Waals surface area contributed by atoms with Crippen molar-refractivity contribution in [3.63, 3.8) is 0 Å². The van der Waals surface area contributed by atoms with E-state index in [4.69, 9.17) is 23.2 Å². The highest BCUT2D eigenvalue weighted by molar-refractivity contribution is 6.37. The third-order valence-corrected chi connectivity index (χ3v) is 2.65. The van der Waals surface area contributed by atoms with E-state index in [2.05, 4.69) is 5.32 Å². The van der Waals surface area contributed by atoms with Gasteiger partial charge in [0.05, 0.1) is 5.38 Å². The fourth-order valence-electron chi connectivity index (χ4n) is 1.04. The van der Waals surface area contributed by atoms with Gasteiger partial charge in [0.15, 0.2) is 0 Å². The average Bonchev–Trinajstić information content (AvgIpc) is 2.07. The first kappa shape index (κ1) is 10.6. The van der Waals surface area contributed by atoms with Gasteiger partial charge in [0.25, 0.3) is 0 Å². The maximum Gasteiger partial charge on any atom is 0.217 e. The Hall–Kier alpha value is -0.470. The minimum absolute atomic E-state index is 0.0431. The lowest BCUT2D eigenvalue weighted by atomic mass is 10.1. The van der Waals surface area contributed by atoms with Crippen molar-refractivity contribution in [3.05, 3.63) is 22.8 Å². The Kier molecular flexibility index (Phi) is 3.82. The molecule has 0 saturated heterocycles. The molecule has 1 N–H and O–H groups in total. The zero-order valence-electron chi connectivity index (χ0n) is 7.31. The molecule has 0 aromatic heterocycles. The molecule has 0 radical (unpaired) electrons. The molecule has 72 valence electrons. The predicted molar refractivity (Wildman–Crippen MR) is 55.0 cm³/mol. The Labute approximate surface area is 87.6 Å². The molecule has 1 aliphatic carbocycles. The first-order valence-electron chi connectivity index (χ1n) is 4.04. The number of hydrogen-bond acceptors (Lipinski definition) is 1. The summed E-state index contributed by atoms with van der Waals surface area (Å²) in [4.78, 5) is 10.6. The minimum Gasteiger partial charge on any atom is -0.352 e. The second-order valence-corrected chi connectivity index (χ2v) is 3.88. The van der Waals surface area contributed by atoms with Gasteiger partial charge in [-0.05, 0) is 18.1 Å². The quantitative estimate of drug-likeness (QED) is 0.710. The first-order chi connectivity index (χ1) is 6.09. The van der Waals surface area contributed by atoms with Gasteiger partial charge < -0.3 is 5.32 Å². The van der Waals surface area contributed by atoms with Gasteiger partial charge in [0.2, 0.25) is 5.91 Å². The molecule has 0 heterocycles. The lowest BCUT2D eigenvalue weighted by Crippen LogP contribution is -2.23. The van der Waals surface area contributed by atoms with Gasteiger partial charge in [-0.3, -0.25) is 4.79 Å². The van der Waals surface area contributed by atoms with E-state index >= 15 is 0 Å². The Balaban J connectivity index is 2.49. The van der Waals surface area contributed by atoms with Crippen LogP contribution in [0.15, 0.2) is 22.8 Å². The summed E-state index contributed by atoms with van der Waals surface area (Å²) in [5.41, 5.74) is 1.01. The van der Waals surface area contributed by atoms with Crippen LogP contribution in [0.3, 0.4) is 0 Å². The number of alkyl halides is 1. The van der Waals surface area contributed by atoms with Crippen LogP contribution in [-0.2, 0) is 4.79 Å². The van der Waals surface area contributed by atoms with Gasteiger partial charge in [0.1, 0.15) is 0 Å². The first-order valence-corrected chi connectivity index (χ1v) is 4.85. The summed E-state index contributed by atoms with van der Waals surface area (Å²) in [6.45, 7) is 2.01. The zero-order valence-corrected chi connectivity index (χ0v) is 8.82. The largest absolute Gasteiger partial charge is 0.352 e. The summed E-state index contributed by atoms with van der Waals surface area (Å²) in [6.07, 6.45) is 4.52. The zero-order chi connectivity index (χ0) is 9.84. The summed E-state index contributed by atoms with van der Waals surface area (Å²) < 4.78 is 0. The van der Waals surface area contributed by atoms with Gasteiger partial charge in [-0.1, -0.05) is 17.7 Å². The number of carbonyl (C=O) groups is 1. The highest BCUT2D eigenvalue weighted by atomic mass is 35.5. The summed E-state index contributed by atoms with van der Waals surface area (Å²) in [5.74, 6) is -0.0431. The predicted octanol–water partition coefficient (Wildman–Crippen LogP) is 2.18.